The molecule has 0 saturated heterocycles. The van der Waals surface area contributed by atoms with Gasteiger partial charge in [-0.15, -0.1) is 0 Å². The summed E-state index contributed by atoms with van der Waals surface area (Å²) in [6.07, 6.45) is 3.54. The molecule has 0 N–H and O–H groups in total. The second-order valence-corrected chi connectivity index (χ2v) is 7.34. The minimum atomic E-state index is -4.56. The molecule has 0 amide bonds. The second kappa shape index (κ2) is 12.5. The molecule has 0 fully saturated rings. The first-order valence-electron chi connectivity index (χ1n) is 10.5. The van der Waals surface area contributed by atoms with Crippen molar-refractivity contribution < 1.29 is 36.3 Å². The van der Waals surface area contributed by atoms with Crippen molar-refractivity contribution in [1.29, 1.82) is 0 Å². The first-order chi connectivity index (χ1) is 16.3. The molecule has 1 aromatic heterocycles. The topological polar surface area (TPSA) is 59.0 Å². The van der Waals surface area contributed by atoms with Crippen LogP contribution in [0.1, 0.15) is 31.9 Å². The Balaban J connectivity index is 0.00000199. The number of alkyl halides is 3. The molecule has 6 nitrogen and oxygen atoms in total. The standard InChI is InChI=1S/C22H22F3NO5S.C2H6/c1-5-30-17-7-6-15-14(11-26-12-16(15)20(17)31-32-22(23,24)25)8-13-9-18(27-2)21(29-4)19(10-13)28-3;1-2/h6-7,9-12H,5,8H2,1-4H3;1-2H3. The zero-order valence-electron chi connectivity index (χ0n) is 19.9. The van der Waals surface area contributed by atoms with Crippen LogP contribution < -0.4 is 23.1 Å². The Bertz CT molecular complexity index is 1070. The summed E-state index contributed by atoms with van der Waals surface area (Å²) in [5.41, 5.74) is -2.94. The largest absolute Gasteiger partial charge is 0.493 e. The second-order valence-electron chi connectivity index (χ2n) is 6.54. The molecule has 0 aliphatic rings. The third kappa shape index (κ3) is 6.53. The molecular formula is C24H28F3NO5S. The normalized spacial score (nSPS) is 10.9. The van der Waals surface area contributed by atoms with Crippen LogP contribution in [-0.2, 0) is 6.42 Å². The van der Waals surface area contributed by atoms with Gasteiger partial charge in [-0.1, -0.05) is 19.9 Å². The van der Waals surface area contributed by atoms with Crippen molar-refractivity contribution in [2.75, 3.05) is 27.9 Å². The number of nitrogens with zero attached hydrogens (tertiary/aromatic N) is 1. The van der Waals surface area contributed by atoms with Gasteiger partial charge in [0.15, 0.2) is 35.0 Å². The van der Waals surface area contributed by atoms with Crippen LogP contribution in [0, 0.1) is 0 Å². The van der Waals surface area contributed by atoms with Gasteiger partial charge >= 0.3 is 5.51 Å². The number of halogens is 3. The fourth-order valence-electron chi connectivity index (χ4n) is 3.30. The van der Waals surface area contributed by atoms with Gasteiger partial charge in [0.1, 0.15) is 0 Å². The first kappa shape index (κ1) is 27.2. The number of benzene rings is 2. The van der Waals surface area contributed by atoms with E-state index in [9.17, 15) is 13.2 Å². The highest BCUT2D eigenvalue weighted by molar-refractivity contribution is 7.95. The van der Waals surface area contributed by atoms with E-state index >= 15 is 0 Å². The lowest BCUT2D eigenvalue weighted by molar-refractivity contribution is -0.0369. The number of rotatable bonds is 9. The number of pyridine rings is 1. The Morgan fingerprint density at radius 3 is 2.03 bits per heavy atom. The zero-order valence-corrected chi connectivity index (χ0v) is 20.7. The summed E-state index contributed by atoms with van der Waals surface area (Å²) in [6.45, 7) is 6.01. The minimum Gasteiger partial charge on any atom is -0.493 e. The summed E-state index contributed by atoms with van der Waals surface area (Å²) in [4.78, 5) is 4.22. The number of aromatic nitrogens is 1. The van der Waals surface area contributed by atoms with Crippen molar-refractivity contribution in [2.24, 2.45) is 0 Å². The SMILES string of the molecule is CC.CCOc1ccc2c(Cc3cc(OC)c(OC)c(OC)c3)cncc2c1OSC(F)(F)F. The van der Waals surface area contributed by atoms with E-state index in [0.29, 0.717) is 34.4 Å². The van der Waals surface area contributed by atoms with Gasteiger partial charge in [0.05, 0.1) is 27.9 Å². The minimum absolute atomic E-state index is 0.0223. The number of hydrogen-bond donors (Lipinski definition) is 0. The van der Waals surface area contributed by atoms with E-state index in [1.54, 1.807) is 25.3 Å². The Morgan fingerprint density at radius 1 is 0.853 bits per heavy atom. The molecule has 0 radical (unpaired) electrons. The maximum absolute atomic E-state index is 12.8. The average molecular weight is 500 g/mol. The molecule has 34 heavy (non-hydrogen) atoms. The summed E-state index contributed by atoms with van der Waals surface area (Å²) >= 11 is -0.589. The molecule has 3 rings (SSSR count). The fourth-order valence-corrected chi connectivity index (χ4v) is 3.65. The van der Waals surface area contributed by atoms with Crippen molar-refractivity contribution >= 4 is 22.8 Å². The highest BCUT2D eigenvalue weighted by atomic mass is 32.2. The third-order valence-electron chi connectivity index (χ3n) is 4.58. The monoisotopic (exact) mass is 499 g/mol. The van der Waals surface area contributed by atoms with E-state index in [1.807, 2.05) is 26.0 Å². The Labute approximate surface area is 201 Å². The summed E-state index contributed by atoms with van der Waals surface area (Å²) in [5.74, 6) is 1.66. The van der Waals surface area contributed by atoms with Crippen LogP contribution in [0.2, 0.25) is 0 Å². The molecule has 1 heterocycles. The highest BCUT2D eigenvalue weighted by Crippen LogP contribution is 2.43. The maximum Gasteiger partial charge on any atom is 0.479 e. The van der Waals surface area contributed by atoms with Gasteiger partial charge < -0.3 is 23.1 Å². The van der Waals surface area contributed by atoms with E-state index in [-0.39, 0.29) is 18.1 Å². The Morgan fingerprint density at radius 2 is 1.50 bits per heavy atom. The third-order valence-corrected chi connectivity index (χ3v) is 5.02. The van der Waals surface area contributed by atoms with E-state index in [0.717, 1.165) is 11.1 Å². The van der Waals surface area contributed by atoms with Gasteiger partial charge in [0, 0.05) is 17.8 Å². The van der Waals surface area contributed by atoms with Gasteiger partial charge in [-0.05, 0) is 48.1 Å². The lowest BCUT2D eigenvalue weighted by atomic mass is 9.99. The molecule has 0 aliphatic carbocycles. The molecule has 0 atom stereocenters. The van der Waals surface area contributed by atoms with Gasteiger partial charge in [-0.25, -0.2) is 0 Å². The molecular weight excluding hydrogens is 471 g/mol. The number of ether oxygens (including phenoxy) is 4. The van der Waals surface area contributed by atoms with Crippen LogP contribution >= 0.6 is 12.0 Å². The lowest BCUT2D eigenvalue weighted by Crippen LogP contribution is -2.04. The van der Waals surface area contributed by atoms with Gasteiger partial charge in [-0.2, -0.15) is 13.2 Å². The van der Waals surface area contributed by atoms with Crippen LogP contribution in [0.25, 0.3) is 10.8 Å². The average Bonchev–Trinajstić information content (AvgIpc) is 2.83. The van der Waals surface area contributed by atoms with E-state index in [2.05, 4.69) is 4.98 Å². The highest BCUT2D eigenvalue weighted by Gasteiger charge is 2.32. The summed E-state index contributed by atoms with van der Waals surface area (Å²) < 4.78 is 65.0. The molecule has 2 aromatic carbocycles. The summed E-state index contributed by atoms with van der Waals surface area (Å²) in [5, 5.41) is 1.10. The predicted octanol–water partition coefficient (Wildman–Crippen LogP) is 6.82. The van der Waals surface area contributed by atoms with E-state index < -0.39 is 17.6 Å². The lowest BCUT2D eigenvalue weighted by Gasteiger charge is -2.16. The number of methoxy groups -OCH3 is 3. The number of fused-ring (bicyclic) bond motifs is 1. The van der Waals surface area contributed by atoms with Crippen molar-refractivity contribution in [2.45, 2.75) is 32.7 Å². The van der Waals surface area contributed by atoms with E-state index in [1.165, 1.54) is 27.5 Å². The summed E-state index contributed by atoms with van der Waals surface area (Å²) in [7, 11) is 4.57. The number of hydrogen-bond acceptors (Lipinski definition) is 7. The molecule has 10 heteroatoms. The van der Waals surface area contributed by atoms with Crippen molar-refractivity contribution in [3.05, 3.63) is 47.8 Å². The first-order valence-corrected chi connectivity index (χ1v) is 11.3. The zero-order chi connectivity index (χ0) is 25.3. The van der Waals surface area contributed by atoms with Crippen molar-refractivity contribution in [3.8, 4) is 28.7 Å². The fraction of sp³-hybridized carbons (Fsp3) is 0.375. The quantitative estimate of drug-likeness (QED) is 0.299. The van der Waals surface area contributed by atoms with Crippen LogP contribution in [0.4, 0.5) is 13.2 Å². The Kier molecular flexibility index (Phi) is 9.97. The van der Waals surface area contributed by atoms with E-state index in [4.69, 9.17) is 23.1 Å². The van der Waals surface area contributed by atoms with Gasteiger partial charge in [-0.3, -0.25) is 4.98 Å². The van der Waals surface area contributed by atoms with Crippen molar-refractivity contribution in [1.82, 2.24) is 4.98 Å². The predicted molar refractivity (Wildman–Crippen MR) is 127 cm³/mol. The molecule has 186 valence electrons. The van der Waals surface area contributed by atoms with Crippen LogP contribution in [0.3, 0.4) is 0 Å². The molecule has 3 aromatic rings. The molecule has 0 bridgehead atoms. The van der Waals surface area contributed by atoms with Gasteiger partial charge in [0.25, 0.3) is 0 Å². The van der Waals surface area contributed by atoms with Crippen LogP contribution in [0.5, 0.6) is 28.7 Å². The van der Waals surface area contributed by atoms with Crippen LogP contribution in [-0.4, -0.2) is 38.4 Å². The molecule has 0 unspecified atom stereocenters. The van der Waals surface area contributed by atoms with Gasteiger partial charge in [0.2, 0.25) is 5.75 Å². The summed E-state index contributed by atoms with van der Waals surface area (Å²) in [6, 6.07) is 6.99. The Hall–Kier alpha value is -3.01. The maximum atomic E-state index is 12.8. The smallest absolute Gasteiger partial charge is 0.479 e. The van der Waals surface area contributed by atoms with Crippen molar-refractivity contribution in [3.63, 3.8) is 0 Å². The van der Waals surface area contributed by atoms with Crippen LogP contribution in [0.15, 0.2) is 36.7 Å². The molecule has 0 aliphatic heterocycles. The molecule has 0 spiro atoms. The molecule has 0 saturated carbocycles.